The van der Waals surface area contributed by atoms with Crippen molar-refractivity contribution in [1.29, 1.82) is 0 Å². The lowest BCUT2D eigenvalue weighted by molar-refractivity contribution is -0.153. The molecule has 0 spiro atoms. The number of carbonyl (C=O) groups is 1. The van der Waals surface area contributed by atoms with Crippen molar-refractivity contribution in [2.75, 3.05) is 65.0 Å². The maximum absolute atomic E-state index is 12.9. The monoisotopic (exact) mass is 455 g/mol. The fourth-order valence-electron chi connectivity index (χ4n) is 3.71. The minimum atomic E-state index is -0.899. The number of rotatable bonds is 13. The Hall–Kier alpha value is -2.01. The summed E-state index contributed by atoms with van der Waals surface area (Å²) in [5.74, 6) is 0.251. The molecule has 0 unspecified atom stereocenters. The highest BCUT2D eigenvalue weighted by molar-refractivity contribution is 5.93. The van der Waals surface area contributed by atoms with Crippen molar-refractivity contribution >= 4 is 11.6 Å². The van der Waals surface area contributed by atoms with Gasteiger partial charge in [0.1, 0.15) is 18.0 Å². The van der Waals surface area contributed by atoms with Crippen LogP contribution in [0.2, 0.25) is 0 Å². The quantitative estimate of drug-likeness (QED) is 0.460. The Morgan fingerprint density at radius 3 is 2.72 bits per heavy atom. The van der Waals surface area contributed by atoms with E-state index in [2.05, 4.69) is 15.2 Å². The van der Waals surface area contributed by atoms with Crippen molar-refractivity contribution in [2.45, 2.75) is 32.4 Å². The van der Waals surface area contributed by atoms with E-state index in [4.69, 9.17) is 18.9 Å². The molecule has 0 aromatic carbocycles. The summed E-state index contributed by atoms with van der Waals surface area (Å²) < 4.78 is 33.9. The van der Waals surface area contributed by atoms with Gasteiger partial charge in [-0.25, -0.2) is 9.37 Å². The first-order valence-electron chi connectivity index (χ1n) is 10.9. The SMILES string of the molecule is COC1CN(c2ccc(C(=O)N[C@H](COCF)CC(C)C)nc2OCC2(CO)COC2)C1. The van der Waals surface area contributed by atoms with Gasteiger partial charge in [0.15, 0.2) is 6.86 Å². The molecule has 2 saturated heterocycles. The molecule has 0 bridgehead atoms. The van der Waals surface area contributed by atoms with Crippen LogP contribution in [0.25, 0.3) is 0 Å². The predicted octanol–water partition coefficient (Wildman–Crippen LogP) is 1.39. The Labute approximate surface area is 188 Å². The van der Waals surface area contributed by atoms with Crippen LogP contribution in [-0.2, 0) is 14.2 Å². The van der Waals surface area contributed by atoms with Gasteiger partial charge in [0.05, 0.1) is 44.0 Å². The molecule has 9 nitrogen and oxygen atoms in total. The molecule has 1 aromatic rings. The normalized spacial score (nSPS) is 18.8. The number of pyridine rings is 1. The fourth-order valence-corrected chi connectivity index (χ4v) is 3.71. The van der Waals surface area contributed by atoms with Gasteiger partial charge in [0.2, 0.25) is 5.88 Å². The number of alkyl halides is 1. The molecule has 2 aliphatic heterocycles. The third-order valence-electron chi connectivity index (χ3n) is 5.75. The number of amides is 1. The highest BCUT2D eigenvalue weighted by Crippen LogP contribution is 2.34. The number of aliphatic hydroxyl groups excluding tert-OH is 1. The van der Waals surface area contributed by atoms with E-state index in [0.29, 0.717) is 44.5 Å². The van der Waals surface area contributed by atoms with Crippen LogP contribution in [0.1, 0.15) is 30.8 Å². The van der Waals surface area contributed by atoms with E-state index in [9.17, 15) is 14.3 Å². The molecule has 0 saturated carbocycles. The lowest BCUT2D eigenvalue weighted by atomic mass is 9.88. The van der Waals surface area contributed by atoms with Crippen LogP contribution >= 0.6 is 0 Å². The zero-order valence-corrected chi connectivity index (χ0v) is 19.0. The smallest absolute Gasteiger partial charge is 0.270 e. The molecule has 1 atom stereocenters. The Morgan fingerprint density at radius 2 is 2.16 bits per heavy atom. The van der Waals surface area contributed by atoms with Gasteiger partial charge in [-0.15, -0.1) is 0 Å². The van der Waals surface area contributed by atoms with Gasteiger partial charge in [-0.05, 0) is 24.5 Å². The second kappa shape index (κ2) is 11.2. The zero-order chi connectivity index (χ0) is 23.1. The number of nitrogens with one attached hydrogen (secondary N) is 1. The maximum Gasteiger partial charge on any atom is 0.270 e. The van der Waals surface area contributed by atoms with Crippen LogP contribution < -0.4 is 15.0 Å². The van der Waals surface area contributed by atoms with Crippen molar-refractivity contribution < 1.29 is 33.2 Å². The summed E-state index contributed by atoms with van der Waals surface area (Å²) in [6.07, 6.45) is 0.792. The van der Waals surface area contributed by atoms with Crippen molar-refractivity contribution in [2.24, 2.45) is 11.3 Å². The number of aromatic nitrogens is 1. The second-order valence-electron chi connectivity index (χ2n) is 9.00. The first-order valence-corrected chi connectivity index (χ1v) is 10.9. The Kier molecular flexibility index (Phi) is 8.64. The summed E-state index contributed by atoms with van der Waals surface area (Å²) in [7, 11) is 1.67. The number of halogens is 1. The molecule has 3 rings (SSSR count). The topological polar surface area (TPSA) is 102 Å². The summed E-state index contributed by atoms with van der Waals surface area (Å²) in [5, 5.41) is 12.6. The van der Waals surface area contributed by atoms with Gasteiger partial charge in [0.25, 0.3) is 5.91 Å². The molecule has 32 heavy (non-hydrogen) atoms. The molecule has 180 valence electrons. The average Bonchev–Trinajstić information content (AvgIpc) is 2.71. The van der Waals surface area contributed by atoms with E-state index >= 15 is 0 Å². The molecular formula is C22H34FN3O6. The standard InChI is InChI=1S/C22H34FN3O6/c1-15(2)6-16(9-30-14-23)24-20(28)18-4-5-19(26-7-17(8-26)29-3)21(25-18)32-13-22(10-27)11-31-12-22/h4-5,15-17,27H,6-14H2,1-3H3,(H,24,28)/t16-/m0/s1. The minimum absolute atomic E-state index is 0.0522. The maximum atomic E-state index is 12.9. The second-order valence-corrected chi connectivity index (χ2v) is 9.00. The van der Waals surface area contributed by atoms with E-state index in [0.717, 1.165) is 5.69 Å². The highest BCUT2D eigenvalue weighted by Gasteiger charge is 2.40. The lowest BCUT2D eigenvalue weighted by Crippen LogP contribution is -2.52. The number of nitrogens with zero attached hydrogens (tertiary/aromatic N) is 2. The first-order chi connectivity index (χ1) is 15.4. The van der Waals surface area contributed by atoms with Gasteiger partial charge in [-0.1, -0.05) is 13.8 Å². The van der Waals surface area contributed by atoms with Crippen LogP contribution in [0, 0.1) is 11.3 Å². The van der Waals surface area contributed by atoms with Crippen molar-refractivity contribution in [3.63, 3.8) is 0 Å². The van der Waals surface area contributed by atoms with Crippen LogP contribution in [0.5, 0.6) is 5.88 Å². The number of anilines is 1. The predicted molar refractivity (Wildman–Crippen MR) is 116 cm³/mol. The summed E-state index contributed by atoms with van der Waals surface area (Å²) in [5.41, 5.74) is 0.514. The van der Waals surface area contributed by atoms with E-state index < -0.39 is 12.3 Å². The van der Waals surface area contributed by atoms with Crippen LogP contribution in [-0.4, -0.2) is 88.2 Å². The Balaban J connectivity index is 1.74. The zero-order valence-electron chi connectivity index (χ0n) is 19.0. The van der Waals surface area contributed by atoms with Crippen molar-refractivity contribution in [1.82, 2.24) is 10.3 Å². The van der Waals surface area contributed by atoms with E-state index in [1.54, 1.807) is 13.2 Å². The molecule has 0 aliphatic carbocycles. The van der Waals surface area contributed by atoms with Gasteiger partial charge in [-0.3, -0.25) is 4.79 Å². The molecule has 2 fully saturated rings. The first kappa shape index (κ1) is 24.6. The van der Waals surface area contributed by atoms with E-state index in [1.807, 2.05) is 19.9 Å². The summed E-state index contributed by atoms with van der Waals surface area (Å²) in [6, 6.07) is 3.13. The fraction of sp³-hybridized carbons (Fsp3) is 0.727. The van der Waals surface area contributed by atoms with Crippen LogP contribution in [0.4, 0.5) is 10.1 Å². The molecular weight excluding hydrogens is 421 g/mol. The Morgan fingerprint density at radius 1 is 1.41 bits per heavy atom. The number of hydrogen-bond acceptors (Lipinski definition) is 8. The number of carbonyl (C=O) groups excluding carboxylic acids is 1. The summed E-state index contributed by atoms with van der Waals surface area (Å²) in [6.45, 7) is 5.65. The van der Waals surface area contributed by atoms with Crippen LogP contribution in [0.15, 0.2) is 12.1 Å². The summed E-state index contributed by atoms with van der Waals surface area (Å²) in [4.78, 5) is 19.4. The van der Waals surface area contributed by atoms with E-state index in [1.165, 1.54) is 0 Å². The molecule has 1 amide bonds. The molecule has 2 N–H and O–H groups in total. The number of hydrogen-bond donors (Lipinski definition) is 2. The Bertz CT molecular complexity index is 750. The number of ether oxygens (including phenoxy) is 4. The van der Waals surface area contributed by atoms with Gasteiger partial charge in [0, 0.05) is 20.2 Å². The minimum Gasteiger partial charge on any atom is -0.475 e. The number of aliphatic hydroxyl groups is 1. The van der Waals surface area contributed by atoms with Gasteiger partial charge >= 0.3 is 0 Å². The lowest BCUT2D eigenvalue weighted by Gasteiger charge is -2.41. The molecule has 2 aliphatic rings. The van der Waals surface area contributed by atoms with Crippen LogP contribution in [0.3, 0.4) is 0 Å². The largest absolute Gasteiger partial charge is 0.475 e. The van der Waals surface area contributed by atoms with Gasteiger partial charge in [-0.2, -0.15) is 0 Å². The molecule has 10 heteroatoms. The van der Waals surface area contributed by atoms with Crippen molar-refractivity contribution in [3.8, 4) is 5.88 Å². The van der Waals surface area contributed by atoms with E-state index in [-0.39, 0.29) is 43.6 Å². The molecule has 0 radical (unpaired) electrons. The average molecular weight is 456 g/mol. The number of methoxy groups -OCH3 is 1. The summed E-state index contributed by atoms with van der Waals surface area (Å²) >= 11 is 0. The third-order valence-corrected chi connectivity index (χ3v) is 5.75. The molecule has 1 aromatic heterocycles. The van der Waals surface area contributed by atoms with Gasteiger partial charge < -0.3 is 34.3 Å². The highest BCUT2D eigenvalue weighted by atomic mass is 19.1. The molecule has 3 heterocycles. The van der Waals surface area contributed by atoms with Crippen molar-refractivity contribution in [3.05, 3.63) is 17.8 Å². The third kappa shape index (κ3) is 6.06.